The summed E-state index contributed by atoms with van der Waals surface area (Å²) in [7, 11) is 0. The summed E-state index contributed by atoms with van der Waals surface area (Å²) in [6.45, 7) is 2.01. The summed E-state index contributed by atoms with van der Waals surface area (Å²) in [6, 6.07) is 9.13. The summed E-state index contributed by atoms with van der Waals surface area (Å²) >= 11 is 0. The van der Waals surface area contributed by atoms with Crippen molar-refractivity contribution >= 4 is 0 Å². The van der Waals surface area contributed by atoms with Gasteiger partial charge < -0.3 is 10.5 Å². The zero-order valence-corrected chi connectivity index (χ0v) is 11.8. The molecule has 0 spiro atoms. The van der Waals surface area contributed by atoms with Crippen molar-refractivity contribution in [2.75, 3.05) is 0 Å². The molecular formula is C17H17F2NO. The average molecular weight is 289 g/mol. The molecule has 1 aliphatic heterocycles. The van der Waals surface area contributed by atoms with E-state index in [-0.39, 0.29) is 18.1 Å². The number of nitrogens with two attached hydrogens (primary N) is 1. The summed E-state index contributed by atoms with van der Waals surface area (Å²) in [5.41, 5.74) is 8.13. The van der Waals surface area contributed by atoms with E-state index in [4.69, 9.17) is 10.5 Å². The number of hydrogen-bond acceptors (Lipinski definition) is 2. The maximum atomic E-state index is 13.7. The third-order valence-electron chi connectivity index (χ3n) is 3.83. The van der Waals surface area contributed by atoms with Crippen LogP contribution in [-0.2, 0) is 12.8 Å². The van der Waals surface area contributed by atoms with Crippen LogP contribution in [0, 0.1) is 11.6 Å². The fourth-order valence-corrected chi connectivity index (χ4v) is 2.74. The molecule has 21 heavy (non-hydrogen) atoms. The highest BCUT2D eigenvalue weighted by atomic mass is 19.1. The fraction of sp³-hybridized carbons (Fsp3) is 0.294. The highest BCUT2D eigenvalue weighted by molar-refractivity contribution is 5.42. The van der Waals surface area contributed by atoms with E-state index >= 15 is 0 Å². The van der Waals surface area contributed by atoms with Gasteiger partial charge in [-0.2, -0.15) is 0 Å². The summed E-state index contributed by atoms with van der Waals surface area (Å²) < 4.78 is 33.0. The molecule has 4 heteroatoms. The first-order valence-corrected chi connectivity index (χ1v) is 7.02. The van der Waals surface area contributed by atoms with Crippen LogP contribution in [0.3, 0.4) is 0 Å². The van der Waals surface area contributed by atoms with Gasteiger partial charge in [-0.25, -0.2) is 8.78 Å². The van der Waals surface area contributed by atoms with Crippen molar-refractivity contribution in [3.63, 3.8) is 0 Å². The second-order valence-electron chi connectivity index (χ2n) is 5.51. The number of halogens is 2. The average Bonchev–Trinajstić information content (AvgIpc) is 2.81. The molecule has 2 atom stereocenters. The van der Waals surface area contributed by atoms with Crippen LogP contribution < -0.4 is 10.5 Å². The highest BCUT2D eigenvalue weighted by Gasteiger charge is 2.21. The van der Waals surface area contributed by atoms with Gasteiger partial charge in [0, 0.05) is 18.0 Å². The Morgan fingerprint density at radius 3 is 2.67 bits per heavy atom. The molecule has 2 N–H and O–H groups in total. The molecule has 0 fully saturated rings. The lowest BCUT2D eigenvalue weighted by Crippen LogP contribution is -2.15. The smallest absolute Gasteiger partial charge is 0.129 e. The maximum absolute atomic E-state index is 13.7. The van der Waals surface area contributed by atoms with E-state index in [1.54, 1.807) is 0 Å². The molecule has 0 amide bonds. The topological polar surface area (TPSA) is 35.2 Å². The van der Waals surface area contributed by atoms with Gasteiger partial charge in [0.05, 0.1) is 0 Å². The lowest BCUT2D eigenvalue weighted by Gasteiger charge is -2.14. The predicted molar refractivity (Wildman–Crippen MR) is 77.2 cm³/mol. The Balaban J connectivity index is 1.83. The van der Waals surface area contributed by atoms with Crippen LogP contribution in [0.15, 0.2) is 36.4 Å². The Labute approximate surface area is 122 Å². The molecule has 0 aromatic heterocycles. The monoisotopic (exact) mass is 289 g/mol. The van der Waals surface area contributed by atoms with Crippen molar-refractivity contribution in [3.05, 3.63) is 64.7 Å². The second-order valence-corrected chi connectivity index (χ2v) is 5.51. The van der Waals surface area contributed by atoms with Crippen molar-refractivity contribution in [2.24, 2.45) is 5.73 Å². The fourth-order valence-electron chi connectivity index (χ4n) is 2.74. The van der Waals surface area contributed by atoms with E-state index in [0.29, 0.717) is 0 Å². The van der Waals surface area contributed by atoms with Crippen LogP contribution >= 0.6 is 0 Å². The third kappa shape index (κ3) is 2.76. The minimum absolute atomic E-state index is 0.0371. The van der Waals surface area contributed by atoms with E-state index in [0.717, 1.165) is 23.3 Å². The summed E-state index contributed by atoms with van der Waals surface area (Å²) in [4.78, 5) is 0. The second kappa shape index (κ2) is 5.45. The molecule has 1 aliphatic rings. The molecule has 2 unspecified atom stereocenters. The van der Waals surface area contributed by atoms with Gasteiger partial charge >= 0.3 is 0 Å². The number of fused-ring (bicyclic) bond motifs is 1. The van der Waals surface area contributed by atoms with Crippen LogP contribution in [0.1, 0.15) is 29.7 Å². The highest BCUT2D eigenvalue weighted by Crippen LogP contribution is 2.31. The zero-order chi connectivity index (χ0) is 15.0. The maximum Gasteiger partial charge on any atom is 0.129 e. The standard InChI is InChI=1S/C17H17F2NO/c1-10-7-12-8-11(5-6-17(12)21-10)16(20)9-13-14(18)3-2-4-15(13)19/h2-6,8,10,16H,7,9,20H2,1H3. The zero-order valence-electron chi connectivity index (χ0n) is 11.8. The van der Waals surface area contributed by atoms with Gasteiger partial charge in [-0.3, -0.25) is 0 Å². The molecular weight excluding hydrogens is 272 g/mol. The summed E-state index contributed by atoms with van der Waals surface area (Å²) in [6.07, 6.45) is 1.13. The molecule has 1 heterocycles. The molecule has 0 aliphatic carbocycles. The molecule has 2 aromatic carbocycles. The van der Waals surface area contributed by atoms with Crippen LogP contribution in [0.25, 0.3) is 0 Å². The van der Waals surface area contributed by atoms with Crippen molar-refractivity contribution < 1.29 is 13.5 Å². The minimum atomic E-state index is -0.552. The molecule has 110 valence electrons. The lowest BCUT2D eigenvalue weighted by atomic mass is 9.96. The van der Waals surface area contributed by atoms with E-state index in [1.807, 2.05) is 25.1 Å². The Morgan fingerprint density at radius 1 is 1.24 bits per heavy atom. The van der Waals surface area contributed by atoms with E-state index in [9.17, 15) is 8.78 Å². The molecule has 0 radical (unpaired) electrons. The first kappa shape index (κ1) is 14.0. The molecule has 0 saturated carbocycles. The van der Waals surface area contributed by atoms with Crippen LogP contribution in [0.4, 0.5) is 8.78 Å². The lowest BCUT2D eigenvalue weighted by molar-refractivity contribution is 0.254. The third-order valence-corrected chi connectivity index (χ3v) is 3.83. The minimum Gasteiger partial charge on any atom is -0.490 e. The van der Waals surface area contributed by atoms with Gasteiger partial charge in [0.15, 0.2) is 0 Å². The van der Waals surface area contributed by atoms with Gasteiger partial charge in [0.25, 0.3) is 0 Å². The van der Waals surface area contributed by atoms with Crippen molar-refractivity contribution in [1.29, 1.82) is 0 Å². The van der Waals surface area contributed by atoms with Gasteiger partial charge in [-0.05, 0) is 42.7 Å². The molecule has 0 saturated heterocycles. The largest absolute Gasteiger partial charge is 0.490 e. The predicted octanol–water partition coefficient (Wildman–Crippen LogP) is 3.53. The number of ether oxygens (including phenoxy) is 1. The van der Waals surface area contributed by atoms with Crippen molar-refractivity contribution in [2.45, 2.75) is 31.9 Å². The van der Waals surface area contributed by atoms with E-state index in [2.05, 4.69) is 0 Å². The number of benzene rings is 2. The first-order chi connectivity index (χ1) is 10.0. The van der Waals surface area contributed by atoms with Crippen LogP contribution in [-0.4, -0.2) is 6.10 Å². The van der Waals surface area contributed by atoms with Gasteiger partial charge in [-0.15, -0.1) is 0 Å². The summed E-state index contributed by atoms with van der Waals surface area (Å²) in [5, 5.41) is 0. The molecule has 2 nitrogen and oxygen atoms in total. The van der Waals surface area contributed by atoms with Crippen LogP contribution in [0.5, 0.6) is 5.75 Å². The van der Waals surface area contributed by atoms with Gasteiger partial charge in [0.2, 0.25) is 0 Å². The first-order valence-electron chi connectivity index (χ1n) is 7.02. The van der Waals surface area contributed by atoms with Gasteiger partial charge in [0.1, 0.15) is 23.5 Å². The summed E-state index contributed by atoms with van der Waals surface area (Å²) in [5.74, 6) is -0.234. The number of rotatable bonds is 3. The Bertz CT molecular complexity index is 652. The molecule has 2 aromatic rings. The Morgan fingerprint density at radius 2 is 1.95 bits per heavy atom. The Kier molecular flexibility index (Phi) is 3.64. The van der Waals surface area contributed by atoms with E-state index in [1.165, 1.54) is 18.2 Å². The number of hydrogen-bond donors (Lipinski definition) is 1. The van der Waals surface area contributed by atoms with E-state index < -0.39 is 17.7 Å². The normalized spacial score (nSPS) is 18.2. The quantitative estimate of drug-likeness (QED) is 0.938. The molecule has 3 rings (SSSR count). The van der Waals surface area contributed by atoms with Gasteiger partial charge in [-0.1, -0.05) is 18.2 Å². The van der Waals surface area contributed by atoms with Crippen molar-refractivity contribution in [3.8, 4) is 5.75 Å². The van der Waals surface area contributed by atoms with Crippen molar-refractivity contribution in [1.82, 2.24) is 0 Å². The molecule has 0 bridgehead atoms. The van der Waals surface area contributed by atoms with Crippen LogP contribution in [0.2, 0.25) is 0 Å². The Hall–Kier alpha value is -1.94. The SMILES string of the molecule is CC1Cc2cc(C(N)Cc3c(F)cccc3F)ccc2O1.